The molecule has 0 atom stereocenters. The van der Waals surface area contributed by atoms with Crippen LogP contribution in [0, 0.1) is 0 Å². The van der Waals surface area contributed by atoms with Crippen LogP contribution in [0.15, 0.2) is 65.1 Å². The van der Waals surface area contributed by atoms with Gasteiger partial charge in [-0.1, -0.05) is 24.3 Å². The summed E-state index contributed by atoms with van der Waals surface area (Å²) in [5.41, 5.74) is 0.0686. The van der Waals surface area contributed by atoms with Gasteiger partial charge in [0.25, 0.3) is 0 Å². The molecule has 0 aliphatic carbocycles. The maximum absolute atomic E-state index is 10.1. The summed E-state index contributed by atoms with van der Waals surface area (Å²) in [6.45, 7) is 1.83. The number of para-hydroxylation sites is 4. The number of hydrogen-bond donors (Lipinski definition) is 0. The lowest BCUT2D eigenvalue weighted by molar-refractivity contribution is 0.0740. The first-order valence-corrected chi connectivity index (χ1v) is 9.70. The Balaban J connectivity index is 1.57. The van der Waals surface area contributed by atoms with E-state index in [1.807, 2.05) is 48.5 Å². The Hall–Kier alpha value is -3.45. The Labute approximate surface area is 173 Å². The molecule has 2 heterocycles. The molecule has 2 bridgehead atoms. The highest BCUT2D eigenvalue weighted by Gasteiger charge is 2.12. The number of ether oxygens (including phenoxy) is 5. The van der Waals surface area contributed by atoms with E-state index in [1.54, 1.807) is 0 Å². The van der Waals surface area contributed by atoms with Gasteiger partial charge < -0.3 is 28.1 Å². The summed E-state index contributed by atoms with van der Waals surface area (Å²) < 4.78 is 34.7. The monoisotopic (exact) mass is 411 g/mol. The Kier molecular flexibility index (Phi) is 6.51. The minimum Gasteiger partial charge on any atom is -0.487 e. The lowest BCUT2D eigenvalue weighted by Gasteiger charge is -2.15. The first-order valence-electron chi connectivity index (χ1n) is 9.70. The Bertz CT molecular complexity index is 951. The normalized spacial score (nSPS) is 14.9. The van der Waals surface area contributed by atoms with Crippen LogP contribution >= 0.6 is 0 Å². The van der Waals surface area contributed by atoms with Crippen molar-refractivity contribution >= 4 is 0 Å². The SMILES string of the molecule is [OH+]=c1cc2oc(c1)COc1ccccc1OCCOCCOc1ccccc1OC2. The van der Waals surface area contributed by atoms with E-state index in [9.17, 15) is 4.79 Å². The van der Waals surface area contributed by atoms with Crippen LogP contribution in [0.3, 0.4) is 0 Å². The van der Waals surface area contributed by atoms with E-state index in [4.69, 9.17) is 28.1 Å². The molecule has 2 aromatic carbocycles. The van der Waals surface area contributed by atoms with Crippen molar-refractivity contribution < 1.29 is 32.9 Å². The summed E-state index contributed by atoms with van der Waals surface area (Å²) >= 11 is 0. The van der Waals surface area contributed by atoms with Crippen LogP contribution in [0.1, 0.15) is 11.5 Å². The molecule has 0 spiro atoms. The van der Waals surface area contributed by atoms with Crippen LogP contribution in [0.2, 0.25) is 0 Å². The maximum Gasteiger partial charge on any atom is 0.347 e. The summed E-state index contributed by atoms with van der Waals surface area (Å²) in [5.74, 6) is 3.28. The molecule has 1 aromatic heterocycles. The fraction of sp³-hybridized carbons (Fsp3) is 0.261. The number of hydrogen-bond acceptors (Lipinski definition) is 6. The molecule has 0 saturated heterocycles. The molecule has 3 aromatic rings. The van der Waals surface area contributed by atoms with E-state index < -0.39 is 0 Å². The van der Waals surface area contributed by atoms with Crippen LogP contribution in [0.5, 0.6) is 23.0 Å². The minimum atomic E-state index is 0.0686. The summed E-state index contributed by atoms with van der Waals surface area (Å²) in [5, 5.41) is 0. The average molecular weight is 411 g/mol. The van der Waals surface area contributed by atoms with Crippen molar-refractivity contribution in [3.63, 3.8) is 0 Å². The summed E-state index contributed by atoms with van der Waals surface area (Å²) in [6, 6.07) is 17.8. The highest BCUT2D eigenvalue weighted by Crippen LogP contribution is 2.28. The number of benzene rings is 2. The zero-order chi connectivity index (χ0) is 20.6. The van der Waals surface area contributed by atoms with Crippen LogP contribution in [-0.4, -0.2) is 31.2 Å². The quantitative estimate of drug-likeness (QED) is 0.529. The van der Waals surface area contributed by atoms with Crippen molar-refractivity contribution in [3.8, 4) is 23.0 Å². The van der Waals surface area contributed by atoms with Crippen molar-refractivity contribution in [2.24, 2.45) is 0 Å². The molecular formula is C23H23O7+. The predicted molar refractivity (Wildman–Crippen MR) is 107 cm³/mol. The van der Waals surface area contributed by atoms with Crippen LogP contribution in [0.25, 0.3) is 0 Å². The molecule has 7 nitrogen and oxygen atoms in total. The predicted octanol–water partition coefficient (Wildman–Crippen LogP) is 3.23. The average Bonchev–Trinajstić information content (AvgIpc) is 2.76. The first kappa shape index (κ1) is 19.8. The van der Waals surface area contributed by atoms with E-state index >= 15 is 0 Å². The number of fused-ring (bicyclic) bond motifs is 4. The van der Waals surface area contributed by atoms with E-state index in [0.717, 1.165) is 0 Å². The summed E-state index contributed by atoms with van der Waals surface area (Å²) in [6.07, 6.45) is 0. The van der Waals surface area contributed by atoms with E-state index in [1.165, 1.54) is 12.1 Å². The van der Waals surface area contributed by atoms with E-state index in [2.05, 4.69) is 0 Å². The van der Waals surface area contributed by atoms with E-state index in [-0.39, 0.29) is 18.6 Å². The van der Waals surface area contributed by atoms with Gasteiger partial charge >= 0.3 is 5.43 Å². The van der Waals surface area contributed by atoms with Gasteiger partial charge in [0.1, 0.15) is 26.4 Å². The van der Waals surface area contributed by atoms with Crippen molar-refractivity contribution in [2.75, 3.05) is 26.4 Å². The zero-order valence-corrected chi connectivity index (χ0v) is 16.4. The molecule has 0 saturated carbocycles. The second-order valence-corrected chi connectivity index (χ2v) is 6.53. The van der Waals surface area contributed by atoms with E-state index in [0.29, 0.717) is 60.9 Å². The number of rotatable bonds is 0. The van der Waals surface area contributed by atoms with Gasteiger partial charge in [-0.05, 0) is 24.3 Å². The molecule has 156 valence electrons. The molecular weight excluding hydrogens is 388 g/mol. The van der Waals surface area contributed by atoms with Crippen LogP contribution in [-0.2, 0) is 18.0 Å². The Morgan fingerprint density at radius 3 is 1.47 bits per heavy atom. The fourth-order valence-electron chi connectivity index (χ4n) is 2.94. The highest BCUT2D eigenvalue weighted by molar-refractivity contribution is 5.40. The molecule has 1 aliphatic heterocycles. The minimum absolute atomic E-state index is 0.0686. The van der Waals surface area contributed by atoms with Gasteiger partial charge in [-0.25, -0.2) is 0 Å². The van der Waals surface area contributed by atoms with Crippen molar-refractivity contribution in [1.29, 1.82) is 0 Å². The van der Waals surface area contributed by atoms with Gasteiger partial charge in [-0.2, -0.15) is 0 Å². The highest BCUT2D eigenvalue weighted by atomic mass is 16.6. The fourth-order valence-corrected chi connectivity index (χ4v) is 2.94. The molecule has 7 heteroatoms. The van der Waals surface area contributed by atoms with Crippen molar-refractivity contribution in [3.05, 3.63) is 77.6 Å². The van der Waals surface area contributed by atoms with Crippen LogP contribution < -0.4 is 24.4 Å². The maximum atomic E-state index is 10.1. The second-order valence-electron chi connectivity index (χ2n) is 6.53. The smallest absolute Gasteiger partial charge is 0.347 e. The molecule has 1 aliphatic rings. The molecule has 0 unspecified atom stereocenters. The zero-order valence-electron chi connectivity index (χ0n) is 16.4. The van der Waals surface area contributed by atoms with Crippen molar-refractivity contribution in [1.82, 2.24) is 0 Å². The Morgan fingerprint density at radius 2 is 1.00 bits per heavy atom. The molecule has 0 amide bonds. The largest absolute Gasteiger partial charge is 0.487 e. The Morgan fingerprint density at radius 1 is 0.567 bits per heavy atom. The molecule has 30 heavy (non-hydrogen) atoms. The van der Waals surface area contributed by atoms with Gasteiger partial charge in [0.05, 0.1) is 25.3 Å². The van der Waals surface area contributed by atoms with Crippen molar-refractivity contribution in [2.45, 2.75) is 13.2 Å². The van der Waals surface area contributed by atoms with Gasteiger partial charge in [0.2, 0.25) is 0 Å². The summed E-state index contributed by atoms with van der Waals surface area (Å²) in [7, 11) is 0. The standard InChI is InChI=1S/C23H22O7/c24-17-13-18-15-28-22-7-3-1-5-20(22)26-11-9-25-10-12-27-21-6-2-4-8-23(21)29-16-19(14-17)30-18/h1-8,13-14H,9-12,15-16H2/p+1. The lowest BCUT2D eigenvalue weighted by Crippen LogP contribution is -2.13. The van der Waals surface area contributed by atoms with Gasteiger partial charge in [0.15, 0.2) is 34.5 Å². The summed E-state index contributed by atoms with van der Waals surface area (Å²) in [4.78, 5) is 10.1. The third-order valence-corrected chi connectivity index (χ3v) is 4.29. The molecule has 1 N–H and O–H groups in total. The second kappa shape index (κ2) is 9.84. The topological polar surface area (TPSA) is 80.7 Å². The third kappa shape index (κ3) is 5.33. The van der Waals surface area contributed by atoms with Crippen LogP contribution in [0.4, 0.5) is 0 Å². The molecule has 4 rings (SSSR count). The van der Waals surface area contributed by atoms with Gasteiger partial charge in [-0.15, -0.1) is 0 Å². The molecule has 0 fully saturated rings. The first-order chi connectivity index (χ1) is 14.8. The van der Waals surface area contributed by atoms with Gasteiger partial charge in [0, 0.05) is 0 Å². The lowest BCUT2D eigenvalue weighted by atomic mass is 10.3. The third-order valence-electron chi connectivity index (χ3n) is 4.29. The molecule has 0 radical (unpaired) electrons. The van der Waals surface area contributed by atoms with Gasteiger partial charge in [-0.3, -0.25) is 4.79 Å².